The SMILES string of the molecule is Cc1cc[n+](C)c(-c2cc(C3CCCC3)ccc2C)c1. The maximum atomic E-state index is 2.43. The minimum absolute atomic E-state index is 0.782. The monoisotopic (exact) mass is 266 g/mol. The number of nitrogens with zero attached hydrogens (tertiary/aromatic N) is 1. The number of aromatic nitrogens is 1. The smallest absolute Gasteiger partial charge is 0.201 e. The average molecular weight is 266 g/mol. The number of pyridine rings is 1. The van der Waals surface area contributed by atoms with E-state index in [0.717, 1.165) is 5.92 Å². The lowest BCUT2D eigenvalue weighted by Crippen LogP contribution is -2.30. The molecule has 1 heterocycles. The lowest BCUT2D eigenvalue weighted by atomic mass is 9.92. The van der Waals surface area contributed by atoms with Gasteiger partial charge in [0.1, 0.15) is 7.05 Å². The summed E-state index contributed by atoms with van der Waals surface area (Å²) in [6, 6.07) is 11.5. The fourth-order valence-corrected chi connectivity index (χ4v) is 3.37. The Kier molecular flexibility index (Phi) is 3.60. The minimum Gasteiger partial charge on any atom is -0.201 e. The molecule has 3 rings (SSSR count). The molecule has 1 aromatic carbocycles. The molecule has 2 aromatic rings. The van der Waals surface area contributed by atoms with Gasteiger partial charge >= 0.3 is 0 Å². The molecule has 0 unspecified atom stereocenters. The Morgan fingerprint density at radius 3 is 2.50 bits per heavy atom. The van der Waals surface area contributed by atoms with Crippen LogP contribution in [0.1, 0.15) is 48.3 Å². The van der Waals surface area contributed by atoms with Gasteiger partial charge in [0, 0.05) is 17.7 Å². The summed E-state index contributed by atoms with van der Waals surface area (Å²) in [4.78, 5) is 0. The van der Waals surface area contributed by atoms with Gasteiger partial charge in [0.25, 0.3) is 0 Å². The maximum absolute atomic E-state index is 2.43. The largest absolute Gasteiger partial charge is 0.212 e. The van der Waals surface area contributed by atoms with Crippen molar-refractivity contribution in [3.8, 4) is 11.3 Å². The van der Waals surface area contributed by atoms with Crippen LogP contribution in [0.2, 0.25) is 0 Å². The molecule has 1 aliphatic carbocycles. The molecule has 0 bridgehead atoms. The summed E-state index contributed by atoms with van der Waals surface area (Å²) in [6.07, 6.45) is 7.68. The molecule has 0 saturated heterocycles. The second-order valence-corrected chi connectivity index (χ2v) is 6.26. The third kappa shape index (κ3) is 2.49. The number of hydrogen-bond donors (Lipinski definition) is 0. The van der Waals surface area contributed by atoms with Crippen molar-refractivity contribution >= 4 is 0 Å². The molecular formula is C19H24N+. The molecule has 20 heavy (non-hydrogen) atoms. The van der Waals surface area contributed by atoms with Crippen LogP contribution in [-0.4, -0.2) is 0 Å². The quantitative estimate of drug-likeness (QED) is 0.707. The first-order chi connectivity index (χ1) is 9.65. The molecule has 1 aliphatic rings. The van der Waals surface area contributed by atoms with Gasteiger partial charge in [-0.25, -0.2) is 4.57 Å². The van der Waals surface area contributed by atoms with E-state index in [0.29, 0.717) is 0 Å². The van der Waals surface area contributed by atoms with E-state index in [1.807, 2.05) is 0 Å². The standard InChI is InChI=1S/C19H24N/c1-14-10-11-20(3)19(12-14)18-13-17(9-8-15(18)2)16-6-4-5-7-16/h8-13,16H,4-7H2,1-3H3/q+1. The van der Waals surface area contributed by atoms with Gasteiger partial charge in [-0.2, -0.15) is 0 Å². The third-order valence-electron chi connectivity index (χ3n) is 4.67. The highest BCUT2D eigenvalue weighted by atomic mass is 14.9. The first-order valence-corrected chi connectivity index (χ1v) is 7.72. The molecule has 0 spiro atoms. The van der Waals surface area contributed by atoms with E-state index in [2.05, 4.69) is 62.0 Å². The lowest BCUT2D eigenvalue weighted by molar-refractivity contribution is -0.660. The zero-order chi connectivity index (χ0) is 14.1. The molecule has 0 radical (unpaired) electrons. The second-order valence-electron chi connectivity index (χ2n) is 6.26. The van der Waals surface area contributed by atoms with Gasteiger partial charge in [-0.05, 0) is 55.4 Å². The molecule has 1 fully saturated rings. The Balaban J connectivity index is 2.07. The molecule has 1 nitrogen and oxygen atoms in total. The van der Waals surface area contributed by atoms with Gasteiger partial charge in [-0.3, -0.25) is 0 Å². The summed E-state index contributed by atoms with van der Waals surface area (Å²) in [7, 11) is 2.14. The van der Waals surface area contributed by atoms with Gasteiger partial charge < -0.3 is 0 Å². The van der Waals surface area contributed by atoms with Crippen LogP contribution in [0.5, 0.6) is 0 Å². The van der Waals surface area contributed by atoms with E-state index in [-0.39, 0.29) is 0 Å². The number of rotatable bonds is 2. The minimum atomic E-state index is 0.782. The summed E-state index contributed by atoms with van der Waals surface area (Å²) in [5.74, 6) is 0.782. The number of benzene rings is 1. The van der Waals surface area contributed by atoms with Crippen molar-refractivity contribution in [2.75, 3.05) is 0 Å². The van der Waals surface area contributed by atoms with Gasteiger partial charge in [-0.15, -0.1) is 0 Å². The molecule has 0 amide bonds. The van der Waals surface area contributed by atoms with Crippen LogP contribution in [0, 0.1) is 13.8 Å². The van der Waals surface area contributed by atoms with Crippen molar-refractivity contribution in [2.24, 2.45) is 7.05 Å². The van der Waals surface area contributed by atoms with Crippen molar-refractivity contribution in [3.05, 3.63) is 53.2 Å². The maximum Gasteiger partial charge on any atom is 0.212 e. The van der Waals surface area contributed by atoms with Crippen LogP contribution in [0.3, 0.4) is 0 Å². The predicted molar refractivity (Wildman–Crippen MR) is 83.7 cm³/mol. The summed E-state index contributed by atoms with van der Waals surface area (Å²) in [6.45, 7) is 4.38. The Labute approximate surface area is 122 Å². The summed E-state index contributed by atoms with van der Waals surface area (Å²) < 4.78 is 2.23. The predicted octanol–water partition coefficient (Wildman–Crippen LogP) is 4.45. The first-order valence-electron chi connectivity index (χ1n) is 7.72. The van der Waals surface area contributed by atoms with Gasteiger partial charge in [0.05, 0.1) is 0 Å². The molecule has 1 aromatic heterocycles. The fraction of sp³-hybridized carbons (Fsp3) is 0.421. The Morgan fingerprint density at radius 1 is 1.00 bits per heavy atom. The second kappa shape index (κ2) is 5.40. The van der Waals surface area contributed by atoms with Crippen LogP contribution in [0.4, 0.5) is 0 Å². The molecule has 0 aliphatic heterocycles. The van der Waals surface area contributed by atoms with Crippen LogP contribution < -0.4 is 4.57 Å². The van der Waals surface area contributed by atoms with E-state index >= 15 is 0 Å². The van der Waals surface area contributed by atoms with Gasteiger partial charge in [0.2, 0.25) is 5.69 Å². The summed E-state index contributed by atoms with van der Waals surface area (Å²) >= 11 is 0. The van der Waals surface area contributed by atoms with Gasteiger partial charge in [-0.1, -0.05) is 25.0 Å². The highest BCUT2D eigenvalue weighted by Gasteiger charge is 2.20. The van der Waals surface area contributed by atoms with Crippen molar-refractivity contribution in [1.29, 1.82) is 0 Å². The van der Waals surface area contributed by atoms with E-state index in [4.69, 9.17) is 0 Å². The van der Waals surface area contributed by atoms with Crippen LogP contribution in [-0.2, 0) is 7.05 Å². The summed E-state index contributed by atoms with van der Waals surface area (Å²) in [5, 5.41) is 0. The van der Waals surface area contributed by atoms with Crippen LogP contribution in [0.15, 0.2) is 36.5 Å². The molecular weight excluding hydrogens is 242 g/mol. The van der Waals surface area contributed by atoms with Crippen LogP contribution >= 0.6 is 0 Å². The van der Waals surface area contributed by atoms with E-state index in [1.54, 1.807) is 0 Å². The molecule has 0 N–H and O–H groups in total. The topological polar surface area (TPSA) is 3.88 Å². The number of aryl methyl sites for hydroxylation is 3. The summed E-state index contributed by atoms with van der Waals surface area (Å²) in [5.41, 5.74) is 6.93. The van der Waals surface area contributed by atoms with Crippen molar-refractivity contribution in [3.63, 3.8) is 0 Å². The average Bonchev–Trinajstić information content (AvgIpc) is 2.96. The van der Waals surface area contributed by atoms with Crippen molar-refractivity contribution in [2.45, 2.75) is 45.4 Å². The Bertz CT molecular complexity index is 622. The van der Waals surface area contributed by atoms with Gasteiger partial charge in [0.15, 0.2) is 6.20 Å². The number of hydrogen-bond acceptors (Lipinski definition) is 0. The normalized spacial score (nSPS) is 15.8. The fourth-order valence-electron chi connectivity index (χ4n) is 3.37. The highest BCUT2D eigenvalue weighted by Crippen LogP contribution is 2.36. The molecule has 0 atom stereocenters. The van der Waals surface area contributed by atoms with E-state index < -0.39 is 0 Å². The van der Waals surface area contributed by atoms with Crippen molar-refractivity contribution < 1.29 is 4.57 Å². The first kappa shape index (κ1) is 13.4. The molecule has 1 saturated carbocycles. The molecule has 104 valence electrons. The van der Waals surface area contributed by atoms with E-state index in [9.17, 15) is 0 Å². The Hall–Kier alpha value is -1.63. The molecule has 1 heteroatoms. The van der Waals surface area contributed by atoms with Crippen LogP contribution in [0.25, 0.3) is 11.3 Å². The van der Waals surface area contributed by atoms with Crippen molar-refractivity contribution in [1.82, 2.24) is 0 Å². The third-order valence-corrected chi connectivity index (χ3v) is 4.67. The lowest BCUT2D eigenvalue weighted by Gasteiger charge is -2.13. The Morgan fingerprint density at radius 2 is 1.75 bits per heavy atom. The van der Waals surface area contributed by atoms with E-state index in [1.165, 1.54) is 53.6 Å². The zero-order valence-corrected chi connectivity index (χ0v) is 12.8. The highest BCUT2D eigenvalue weighted by molar-refractivity contribution is 5.62. The zero-order valence-electron chi connectivity index (χ0n) is 12.8.